The first kappa shape index (κ1) is 16.6. The quantitative estimate of drug-likeness (QED) is 0.509. The highest BCUT2D eigenvalue weighted by molar-refractivity contribution is 5.80. The van der Waals surface area contributed by atoms with Crippen LogP contribution in [0.5, 0.6) is 0 Å². The van der Waals surface area contributed by atoms with Gasteiger partial charge < -0.3 is 16.4 Å². The van der Waals surface area contributed by atoms with Crippen molar-refractivity contribution in [3.05, 3.63) is 65.9 Å². The number of nitrogens with zero attached hydrogens (tertiary/aromatic N) is 4. The number of nitrogens with one attached hydrogen (secondary N) is 2. The van der Waals surface area contributed by atoms with E-state index in [-0.39, 0.29) is 0 Å². The van der Waals surface area contributed by atoms with Crippen LogP contribution in [0.1, 0.15) is 17.7 Å². The second-order valence-electron chi connectivity index (χ2n) is 6.86. The number of nitrogen functional groups attached to an aromatic ring is 1. The van der Waals surface area contributed by atoms with Crippen LogP contribution in [0.25, 0.3) is 17.0 Å². The van der Waals surface area contributed by atoms with E-state index in [0.29, 0.717) is 18.4 Å². The van der Waals surface area contributed by atoms with Crippen LogP contribution >= 0.6 is 0 Å². The normalized spacial score (nSPS) is 13.1. The third-order valence-electron chi connectivity index (χ3n) is 4.95. The lowest BCUT2D eigenvalue weighted by Crippen LogP contribution is -2.19. The van der Waals surface area contributed by atoms with Crippen molar-refractivity contribution >= 4 is 28.5 Å². The zero-order chi connectivity index (χ0) is 18.9. The second-order valence-corrected chi connectivity index (χ2v) is 6.86. The van der Waals surface area contributed by atoms with Gasteiger partial charge in [-0.1, -0.05) is 42.5 Å². The average Bonchev–Trinajstić information content (AvgIpc) is 3.08. The molecule has 7 nitrogen and oxygen atoms in total. The van der Waals surface area contributed by atoms with E-state index in [2.05, 4.69) is 27.8 Å². The molecular formula is C21H21N7. The third-order valence-corrected chi connectivity index (χ3v) is 4.95. The lowest BCUT2D eigenvalue weighted by molar-refractivity contribution is 0.782. The van der Waals surface area contributed by atoms with Gasteiger partial charge in [0.1, 0.15) is 0 Å². The molecule has 2 aromatic carbocycles. The lowest BCUT2D eigenvalue weighted by Gasteiger charge is -2.21. The molecule has 2 aromatic heterocycles. The first-order valence-corrected chi connectivity index (χ1v) is 9.45. The van der Waals surface area contributed by atoms with E-state index in [1.807, 2.05) is 47.0 Å². The Morgan fingerprint density at radius 1 is 1.00 bits per heavy atom. The van der Waals surface area contributed by atoms with Gasteiger partial charge in [-0.3, -0.25) is 0 Å². The molecule has 5 rings (SSSR count). The summed E-state index contributed by atoms with van der Waals surface area (Å²) in [4.78, 5) is 14.1. The highest BCUT2D eigenvalue weighted by atomic mass is 15.3. The Kier molecular flexibility index (Phi) is 4.05. The van der Waals surface area contributed by atoms with Crippen molar-refractivity contribution in [1.82, 2.24) is 19.5 Å². The number of aromatic nitrogens is 4. The fraction of sp³-hybridized carbons (Fsp3) is 0.190. The minimum Gasteiger partial charge on any atom is -0.381 e. The molecule has 0 aliphatic carbocycles. The summed E-state index contributed by atoms with van der Waals surface area (Å²) in [5, 5.41) is 6.92. The predicted molar refractivity (Wildman–Crippen MR) is 112 cm³/mol. The van der Waals surface area contributed by atoms with E-state index < -0.39 is 0 Å². The molecule has 0 atom stereocenters. The van der Waals surface area contributed by atoms with E-state index in [1.54, 1.807) is 0 Å². The summed E-state index contributed by atoms with van der Waals surface area (Å²) < 4.78 is 1.82. The molecule has 0 spiro atoms. The summed E-state index contributed by atoms with van der Waals surface area (Å²) in [7, 11) is 0. The van der Waals surface area contributed by atoms with Gasteiger partial charge in [-0.2, -0.15) is 4.98 Å². The molecule has 7 heteroatoms. The number of anilines is 3. The predicted octanol–water partition coefficient (Wildman–Crippen LogP) is 3.37. The standard InChI is InChI=1S/C21H21N7/c22-20-25-15-9-4-5-11-17(15)28(20)21-26-16-10-6-12-23-18(16)19(27-21)24-13-14-7-2-1-3-8-14/h1-5,7-9,11,23H,6,10,12-13H2,(H2,22,25)(H,24,26,27). The van der Waals surface area contributed by atoms with Crippen molar-refractivity contribution in [2.24, 2.45) is 0 Å². The fourth-order valence-corrected chi connectivity index (χ4v) is 3.59. The Hall–Kier alpha value is -3.61. The van der Waals surface area contributed by atoms with E-state index in [1.165, 1.54) is 5.56 Å². The molecular weight excluding hydrogens is 350 g/mol. The molecule has 28 heavy (non-hydrogen) atoms. The summed E-state index contributed by atoms with van der Waals surface area (Å²) in [6.45, 7) is 1.61. The van der Waals surface area contributed by atoms with Gasteiger partial charge in [0.25, 0.3) is 0 Å². The summed E-state index contributed by atoms with van der Waals surface area (Å²) >= 11 is 0. The molecule has 0 radical (unpaired) electrons. The van der Waals surface area contributed by atoms with Crippen LogP contribution in [-0.4, -0.2) is 26.1 Å². The zero-order valence-electron chi connectivity index (χ0n) is 15.4. The van der Waals surface area contributed by atoms with Gasteiger partial charge in [0.2, 0.25) is 11.9 Å². The molecule has 0 amide bonds. The van der Waals surface area contributed by atoms with Gasteiger partial charge in [0, 0.05) is 13.1 Å². The Balaban J connectivity index is 1.60. The number of rotatable bonds is 4. The summed E-state index contributed by atoms with van der Waals surface area (Å²) in [6.07, 6.45) is 1.95. The van der Waals surface area contributed by atoms with Crippen LogP contribution in [-0.2, 0) is 13.0 Å². The van der Waals surface area contributed by atoms with Crippen molar-refractivity contribution in [3.8, 4) is 5.95 Å². The fourth-order valence-electron chi connectivity index (χ4n) is 3.59. The number of benzene rings is 2. The van der Waals surface area contributed by atoms with Gasteiger partial charge in [-0.05, 0) is 30.5 Å². The number of para-hydroxylation sites is 2. The zero-order valence-corrected chi connectivity index (χ0v) is 15.4. The van der Waals surface area contributed by atoms with Crippen LogP contribution < -0.4 is 16.4 Å². The molecule has 0 saturated carbocycles. The highest BCUT2D eigenvalue weighted by Crippen LogP contribution is 2.30. The number of aryl methyl sites for hydroxylation is 1. The highest BCUT2D eigenvalue weighted by Gasteiger charge is 2.20. The number of hydrogen-bond donors (Lipinski definition) is 3. The molecule has 4 N–H and O–H groups in total. The third kappa shape index (κ3) is 2.90. The van der Waals surface area contributed by atoms with Crippen LogP contribution in [0.2, 0.25) is 0 Å². The largest absolute Gasteiger partial charge is 0.381 e. The summed E-state index contributed by atoms with van der Waals surface area (Å²) in [5.74, 6) is 1.73. The van der Waals surface area contributed by atoms with Crippen molar-refractivity contribution < 1.29 is 0 Å². The van der Waals surface area contributed by atoms with E-state index in [0.717, 1.165) is 47.6 Å². The Morgan fingerprint density at radius 2 is 1.82 bits per heavy atom. The van der Waals surface area contributed by atoms with E-state index >= 15 is 0 Å². The lowest BCUT2D eigenvalue weighted by atomic mass is 10.1. The van der Waals surface area contributed by atoms with Crippen molar-refractivity contribution in [1.29, 1.82) is 0 Å². The SMILES string of the molecule is Nc1nc2ccccc2n1-c1nc2c(c(NCc3ccccc3)n1)NCCC2. The van der Waals surface area contributed by atoms with Crippen LogP contribution in [0.15, 0.2) is 54.6 Å². The van der Waals surface area contributed by atoms with Crippen LogP contribution in [0, 0.1) is 0 Å². The summed E-state index contributed by atoms with van der Waals surface area (Å²) in [6, 6.07) is 18.1. The smallest absolute Gasteiger partial charge is 0.239 e. The van der Waals surface area contributed by atoms with Crippen molar-refractivity contribution in [3.63, 3.8) is 0 Å². The van der Waals surface area contributed by atoms with Gasteiger partial charge in [-0.15, -0.1) is 0 Å². The summed E-state index contributed by atoms with van der Waals surface area (Å²) in [5.41, 5.74) is 11.1. The Bertz CT molecular complexity index is 1130. The molecule has 3 heterocycles. The van der Waals surface area contributed by atoms with Gasteiger partial charge in [0.05, 0.1) is 22.4 Å². The van der Waals surface area contributed by atoms with E-state index in [4.69, 9.17) is 15.7 Å². The van der Waals surface area contributed by atoms with Crippen LogP contribution in [0.3, 0.4) is 0 Å². The monoisotopic (exact) mass is 371 g/mol. The maximum Gasteiger partial charge on any atom is 0.239 e. The maximum absolute atomic E-state index is 6.21. The first-order valence-electron chi connectivity index (χ1n) is 9.45. The topological polar surface area (TPSA) is 93.7 Å². The van der Waals surface area contributed by atoms with Crippen molar-refractivity contribution in [2.75, 3.05) is 22.9 Å². The molecule has 4 aromatic rings. The number of hydrogen-bond acceptors (Lipinski definition) is 6. The molecule has 140 valence electrons. The molecule has 0 saturated heterocycles. The second kappa shape index (κ2) is 6.84. The minimum absolute atomic E-state index is 0.388. The average molecular weight is 371 g/mol. The van der Waals surface area contributed by atoms with Gasteiger partial charge >= 0.3 is 0 Å². The number of imidazole rings is 1. The van der Waals surface area contributed by atoms with E-state index in [9.17, 15) is 0 Å². The Labute approximate surface area is 162 Å². The Morgan fingerprint density at radius 3 is 2.71 bits per heavy atom. The van der Waals surface area contributed by atoms with Gasteiger partial charge in [-0.25, -0.2) is 14.5 Å². The molecule has 0 unspecified atom stereocenters. The van der Waals surface area contributed by atoms with Crippen molar-refractivity contribution in [2.45, 2.75) is 19.4 Å². The molecule has 0 fully saturated rings. The van der Waals surface area contributed by atoms with Gasteiger partial charge in [0.15, 0.2) is 5.82 Å². The molecule has 1 aliphatic rings. The minimum atomic E-state index is 0.388. The maximum atomic E-state index is 6.21. The van der Waals surface area contributed by atoms with Crippen LogP contribution in [0.4, 0.5) is 17.5 Å². The molecule has 1 aliphatic heterocycles. The first-order chi connectivity index (χ1) is 13.8. The number of fused-ring (bicyclic) bond motifs is 2. The molecule has 0 bridgehead atoms. The number of nitrogens with two attached hydrogens (primary N) is 1.